The van der Waals surface area contributed by atoms with Crippen LogP contribution in [0.1, 0.15) is 107 Å². The Morgan fingerprint density at radius 2 is 1.23 bits per heavy atom. The van der Waals surface area contributed by atoms with Crippen LogP contribution in [0.3, 0.4) is 0 Å². The molecule has 366 valence electrons. The van der Waals surface area contributed by atoms with E-state index in [1.165, 1.54) is 16.4 Å². The van der Waals surface area contributed by atoms with E-state index in [1.54, 1.807) is 43.3 Å². The van der Waals surface area contributed by atoms with Gasteiger partial charge < -0.3 is 20.4 Å². The van der Waals surface area contributed by atoms with Crippen LogP contribution in [0.4, 0.5) is 28.4 Å². The molecule has 0 saturated carbocycles. The SMILES string of the molecule is Cc1cc(C)c(NC(=O)CC(C)(C)C)c(C)c1N=c1cc2oc3cc(Nc4c(C)cc(C)c(NC(=O)CC(C)(C)C)c4C)ccc3c(-c3ccccc3S(=O)(=O)N3CCCCC3)c-2cc1S(=O)(=O)O. The Hall–Kier alpha value is -5.87. The molecule has 0 unspecified atom stereocenters. The number of hydrogen-bond acceptors (Lipinski definition) is 9. The van der Waals surface area contributed by atoms with Gasteiger partial charge in [-0.25, -0.2) is 13.4 Å². The number of piperidine rings is 1. The zero-order valence-electron chi connectivity index (χ0n) is 41.8. The van der Waals surface area contributed by atoms with E-state index < -0.39 is 25.0 Å². The second-order valence-electron chi connectivity index (χ2n) is 21.0. The van der Waals surface area contributed by atoms with Crippen LogP contribution in [-0.4, -0.2) is 50.6 Å². The van der Waals surface area contributed by atoms with Gasteiger partial charge in [-0.15, -0.1) is 0 Å². The largest absolute Gasteiger partial charge is 0.456 e. The lowest BCUT2D eigenvalue weighted by molar-refractivity contribution is -0.118. The summed E-state index contributed by atoms with van der Waals surface area (Å²) in [7, 11) is -9.02. The van der Waals surface area contributed by atoms with Crippen molar-refractivity contribution in [3.63, 3.8) is 0 Å². The van der Waals surface area contributed by atoms with E-state index in [4.69, 9.17) is 9.41 Å². The maximum Gasteiger partial charge on any atom is 0.296 e. The quantitative estimate of drug-likeness (QED) is 0.0724. The lowest BCUT2D eigenvalue weighted by Crippen LogP contribution is -2.35. The van der Waals surface area contributed by atoms with E-state index in [-0.39, 0.29) is 50.6 Å². The minimum Gasteiger partial charge on any atom is -0.456 e. The number of anilines is 4. The molecular formula is C54H65N5O8S2. The number of hydrogen-bond donors (Lipinski definition) is 4. The smallest absolute Gasteiger partial charge is 0.296 e. The van der Waals surface area contributed by atoms with Crippen molar-refractivity contribution in [2.45, 2.75) is 125 Å². The molecule has 15 heteroatoms. The predicted octanol–water partition coefficient (Wildman–Crippen LogP) is 12.2. The highest BCUT2D eigenvalue weighted by molar-refractivity contribution is 7.89. The lowest BCUT2D eigenvalue weighted by Gasteiger charge is -2.27. The van der Waals surface area contributed by atoms with Gasteiger partial charge in [-0.2, -0.15) is 12.7 Å². The number of rotatable bonds is 11. The summed E-state index contributed by atoms with van der Waals surface area (Å²) >= 11 is 0. The summed E-state index contributed by atoms with van der Waals surface area (Å²) in [4.78, 5) is 30.8. The zero-order valence-corrected chi connectivity index (χ0v) is 43.4. The summed E-state index contributed by atoms with van der Waals surface area (Å²) in [6.45, 7) is 24.1. The Bertz CT molecular complexity index is 3300. The van der Waals surface area contributed by atoms with Crippen LogP contribution in [0.2, 0.25) is 0 Å². The Morgan fingerprint density at radius 1 is 0.667 bits per heavy atom. The highest BCUT2D eigenvalue weighted by atomic mass is 32.2. The van der Waals surface area contributed by atoms with Crippen molar-refractivity contribution in [1.29, 1.82) is 0 Å². The van der Waals surface area contributed by atoms with Gasteiger partial charge in [0.1, 0.15) is 16.2 Å². The number of amides is 2. The third kappa shape index (κ3) is 11.1. The highest BCUT2D eigenvalue weighted by Crippen LogP contribution is 2.45. The molecule has 3 aliphatic rings. The second kappa shape index (κ2) is 19.1. The Morgan fingerprint density at radius 3 is 1.83 bits per heavy atom. The Labute approximate surface area is 407 Å². The summed E-state index contributed by atoms with van der Waals surface area (Å²) in [5.74, 6) is -0.105. The normalized spacial score (nSPS) is 14.4. The van der Waals surface area contributed by atoms with E-state index in [0.29, 0.717) is 75.5 Å². The van der Waals surface area contributed by atoms with Crippen LogP contribution in [-0.2, 0) is 29.7 Å². The van der Waals surface area contributed by atoms with E-state index in [1.807, 2.05) is 94.4 Å². The molecular weight excluding hydrogens is 911 g/mol. The number of sulfonamides is 1. The van der Waals surface area contributed by atoms with Crippen molar-refractivity contribution in [1.82, 2.24) is 4.31 Å². The average Bonchev–Trinajstić information content (AvgIpc) is 3.24. The molecule has 1 saturated heterocycles. The van der Waals surface area contributed by atoms with Crippen molar-refractivity contribution >= 4 is 71.4 Å². The van der Waals surface area contributed by atoms with Gasteiger partial charge >= 0.3 is 0 Å². The van der Waals surface area contributed by atoms with Crippen molar-refractivity contribution in [2.24, 2.45) is 15.8 Å². The molecule has 1 fully saturated rings. The fraction of sp³-hybridized carbons (Fsp3) is 0.389. The molecule has 0 aromatic heterocycles. The van der Waals surface area contributed by atoms with Gasteiger partial charge in [-0.05, 0) is 123 Å². The highest BCUT2D eigenvalue weighted by Gasteiger charge is 2.32. The molecule has 4 aromatic rings. The summed E-state index contributed by atoms with van der Waals surface area (Å²) in [6.07, 6.45) is 2.99. The molecule has 0 spiro atoms. The number of carbonyl (C=O) groups is 2. The van der Waals surface area contributed by atoms with Gasteiger partial charge in [0, 0.05) is 82.9 Å². The molecule has 2 heterocycles. The topological polar surface area (TPSA) is 187 Å². The molecule has 69 heavy (non-hydrogen) atoms. The average molecular weight is 976 g/mol. The Kier molecular flexibility index (Phi) is 14.1. The minimum atomic E-state index is -4.98. The van der Waals surface area contributed by atoms with E-state index in [2.05, 4.69) is 16.0 Å². The van der Waals surface area contributed by atoms with Crippen LogP contribution < -0.4 is 21.3 Å². The molecule has 0 radical (unpaired) electrons. The fourth-order valence-corrected chi connectivity index (χ4v) is 11.8. The summed E-state index contributed by atoms with van der Waals surface area (Å²) in [5.41, 5.74) is 8.63. The van der Waals surface area contributed by atoms with E-state index in [0.717, 1.165) is 47.2 Å². The van der Waals surface area contributed by atoms with Gasteiger partial charge in [0.2, 0.25) is 21.8 Å². The van der Waals surface area contributed by atoms with Crippen molar-refractivity contribution in [3.8, 4) is 22.5 Å². The number of benzene rings is 5. The van der Waals surface area contributed by atoms with Gasteiger partial charge in [0.15, 0.2) is 0 Å². The molecule has 2 aliphatic heterocycles. The Balaban J connectivity index is 1.49. The van der Waals surface area contributed by atoms with Crippen LogP contribution in [0.25, 0.3) is 33.4 Å². The molecule has 1 aliphatic carbocycles. The molecule has 4 N–H and O–H groups in total. The van der Waals surface area contributed by atoms with Crippen molar-refractivity contribution < 1.29 is 35.4 Å². The molecule has 7 rings (SSSR count). The first-order valence-electron chi connectivity index (χ1n) is 23.4. The first kappa shape index (κ1) is 51.0. The standard InChI is InChI=1S/C54H65N5O8S2/c1-31-24-33(3)51(57-46(60)29-53(7,8)9)35(5)49(31)55-37-20-21-38-42(26-37)67-43-28-41(56-50-32(2)25-34(4)52(36(50)6)58-47(61)30-54(10,11)12)45(69(64,65)66)27-40(43)48(38)39-18-14-15-19-44(39)68(62,63)59-22-16-13-17-23-59/h14-15,18-21,24-28,55H,13,16-17,22-23,29-30H2,1-12H3,(H,57,60)(H,58,61)(H,64,65,66). The monoisotopic (exact) mass is 975 g/mol. The minimum absolute atomic E-state index is 0.0453. The third-order valence-electron chi connectivity index (χ3n) is 12.5. The van der Waals surface area contributed by atoms with Gasteiger partial charge in [-0.1, -0.05) is 78.3 Å². The van der Waals surface area contributed by atoms with Gasteiger partial charge in [0.05, 0.1) is 15.9 Å². The summed E-state index contributed by atoms with van der Waals surface area (Å²) in [6, 6.07) is 18.7. The molecule has 2 amide bonds. The number of nitrogens with zero attached hydrogens (tertiary/aromatic N) is 2. The summed E-state index contributed by atoms with van der Waals surface area (Å²) in [5, 5.41) is 10.1. The van der Waals surface area contributed by atoms with Gasteiger partial charge in [0.25, 0.3) is 10.1 Å². The van der Waals surface area contributed by atoms with Gasteiger partial charge in [-0.3, -0.25) is 14.1 Å². The number of fused-ring (bicyclic) bond motifs is 2. The maximum atomic E-state index is 14.6. The first-order valence-corrected chi connectivity index (χ1v) is 26.3. The second-order valence-corrected chi connectivity index (χ2v) is 24.3. The third-order valence-corrected chi connectivity index (χ3v) is 15.3. The molecule has 0 bridgehead atoms. The summed E-state index contributed by atoms with van der Waals surface area (Å²) < 4.78 is 75.4. The van der Waals surface area contributed by atoms with Crippen LogP contribution >= 0.6 is 0 Å². The van der Waals surface area contributed by atoms with Crippen molar-refractivity contribution in [2.75, 3.05) is 29.0 Å². The lowest BCUT2D eigenvalue weighted by atomic mass is 9.91. The predicted molar refractivity (Wildman–Crippen MR) is 276 cm³/mol. The maximum absolute atomic E-state index is 14.6. The van der Waals surface area contributed by atoms with Crippen LogP contribution in [0.5, 0.6) is 0 Å². The first-order chi connectivity index (χ1) is 32.1. The molecule has 13 nitrogen and oxygen atoms in total. The number of aryl methyl sites for hydroxylation is 4. The number of nitrogens with one attached hydrogen (secondary N) is 3. The molecule has 0 atom stereocenters. The zero-order chi connectivity index (χ0) is 50.5. The molecule has 4 aromatic carbocycles. The van der Waals surface area contributed by atoms with Crippen molar-refractivity contribution in [3.05, 3.63) is 105 Å². The van der Waals surface area contributed by atoms with Crippen LogP contribution in [0.15, 0.2) is 85.9 Å². The van der Waals surface area contributed by atoms with Crippen LogP contribution in [0, 0.1) is 52.4 Å². The fourth-order valence-electron chi connectivity index (χ4n) is 9.42. The van der Waals surface area contributed by atoms with E-state index >= 15 is 0 Å². The van der Waals surface area contributed by atoms with E-state index in [9.17, 15) is 31.0 Å². The number of carbonyl (C=O) groups excluding carboxylic acids is 2.